The van der Waals surface area contributed by atoms with Gasteiger partial charge in [0.05, 0.1) is 25.3 Å². The normalized spacial score (nSPS) is 13.4. The zero-order valence-corrected chi connectivity index (χ0v) is 21.0. The molecule has 0 radical (unpaired) electrons. The van der Waals surface area contributed by atoms with E-state index in [-0.39, 0.29) is 30.2 Å². The number of esters is 1. The number of aromatic nitrogens is 2. The van der Waals surface area contributed by atoms with Gasteiger partial charge in [-0.1, -0.05) is 11.6 Å². The highest BCUT2D eigenvalue weighted by atomic mass is 79.9. The zero-order chi connectivity index (χ0) is 23.7. The Balaban J connectivity index is 1.73. The predicted molar refractivity (Wildman–Crippen MR) is 132 cm³/mol. The molecule has 0 unspecified atom stereocenters. The summed E-state index contributed by atoms with van der Waals surface area (Å²) in [4.78, 5) is 29.9. The Morgan fingerprint density at radius 1 is 1.30 bits per heavy atom. The highest BCUT2D eigenvalue weighted by Gasteiger charge is 2.29. The molecule has 1 N–H and O–H groups in total. The summed E-state index contributed by atoms with van der Waals surface area (Å²) < 4.78 is 14.0. The number of nitrogens with zero attached hydrogens (tertiary/aromatic N) is 2. The van der Waals surface area contributed by atoms with Gasteiger partial charge in [-0.05, 0) is 60.3 Å². The van der Waals surface area contributed by atoms with Gasteiger partial charge in [-0.15, -0.1) is 0 Å². The van der Waals surface area contributed by atoms with E-state index < -0.39 is 5.97 Å². The maximum atomic E-state index is 13.1. The topological polar surface area (TPSA) is 82.4 Å². The third kappa shape index (κ3) is 4.65. The van der Waals surface area contributed by atoms with Crippen LogP contribution in [-0.4, -0.2) is 29.2 Å². The van der Waals surface area contributed by atoms with E-state index in [1.165, 1.54) is 0 Å². The molecule has 9 heteroatoms. The molecule has 174 valence electrons. The molecule has 3 aromatic rings. The van der Waals surface area contributed by atoms with Gasteiger partial charge in [0.2, 0.25) is 5.43 Å². The monoisotopic (exact) mass is 533 g/mol. The molecule has 2 aromatic heterocycles. The Bertz CT molecular complexity index is 1290. The number of carbonyl (C=O) groups is 1. The molecule has 1 aromatic carbocycles. The van der Waals surface area contributed by atoms with E-state index >= 15 is 0 Å². The molecular weight excluding hydrogens is 510 g/mol. The van der Waals surface area contributed by atoms with Crippen molar-refractivity contribution in [2.75, 3.05) is 19.0 Å². The SMILES string of the molecule is CCOC(=O)c1cn(C2CC2)c2c(COCc3c(Br)cnc(NC)c3C)c(Cl)ccc2c1=O. The molecule has 0 amide bonds. The minimum Gasteiger partial charge on any atom is -0.462 e. The number of nitrogens with one attached hydrogen (secondary N) is 1. The zero-order valence-electron chi connectivity index (χ0n) is 18.7. The number of carbonyl (C=O) groups excluding carboxylic acids is 1. The second kappa shape index (κ2) is 9.83. The Labute approximate surface area is 205 Å². The van der Waals surface area contributed by atoms with Crippen molar-refractivity contribution in [1.29, 1.82) is 0 Å². The molecule has 1 saturated carbocycles. The number of halogens is 2. The van der Waals surface area contributed by atoms with E-state index in [2.05, 4.69) is 26.2 Å². The van der Waals surface area contributed by atoms with Crippen LogP contribution in [0.5, 0.6) is 0 Å². The van der Waals surface area contributed by atoms with E-state index in [1.807, 2.05) is 18.5 Å². The first kappa shape index (κ1) is 23.7. The predicted octanol–water partition coefficient (Wildman–Crippen LogP) is 5.39. The Morgan fingerprint density at radius 3 is 2.70 bits per heavy atom. The van der Waals surface area contributed by atoms with Crippen molar-refractivity contribution in [3.8, 4) is 0 Å². The van der Waals surface area contributed by atoms with Crippen LogP contribution in [0.15, 0.2) is 33.8 Å². The molecule has 1 aliphatic rings. The van der Waals surface area contributed by atoms with Gasteiger partial charge in [0.1, 0.15) is 11.4 Å². The molecule has 33 heavy (non-hydrogen) atoms. The van der Waals surface area contributed by atoms with Gasteiger partial charge >= 0.3 is 5.97 Å². The molecule has 1 aliphatic carbocycles. The molecule has 0 atom stereocenters. The highest BCUT2D eigenvalue weighted by Crippen LogP contribution is 2.39. The largest absolute Gasteiger partial charge is 0.462 e. The first-order chi connectivity index (χ1) is 15.9. The third-order valence-electron chi connectivity index (χ3n) is 5.81. The molecular formula is C24H25BrClN3O4. The molecule has 7 nitrogen and oxygen atoms in total. The van der Waals surface area contributed by atoms with E-state index in [0.717, 1.165) is 39.8 Å². The van der Waals surface area contributed by atoms with Crippen LogP contribution in [0.25, 0.3) is 10.9 Å². The summed E-state index contributed by atoms with van der Waals surface area (Å²) in [5.41, 5.74) is 3.10. The summed E-state index contributed by atoms with van der Waals surface area (Å²) in [5.74, 6) is 0.180. The van der Waals surface area contributed by atoms with Crippen molar-refractivity contribution < 1.29 is 14.3 Å². The van der Waals surface area contributed by atoms with Crippen LogP contribution >= 0.6 is 27.5 Å². The smallest absolute Gasteiger partial charge is 0.343 e. The lowest BCUT2D eigenvalue weighted by Crippen LogP contribution is -2.21. The van der Waals surface area contributed by atoms with Crippen molar-refractivity contribution in [2.45, 2.75) is 45.9 Å². The van der Waals surface area contributed by atoms with Gasteiger partial charge in [0.15, 0.2) is 0 Å². The molecule has 0 spiro atoms. The number of ether oxygens (including phenoxy) is 2. The molecule has 0 saturated heterocycles. The standard InChI is InChI=1S/C24H25BrClN3O4/c1-4-33-24(31)16-10-29(14-5-6-14)21-15(22(16)30)7-8-20(26)18(21)12-32-11-17-13(2)23(27-3)28-9-19(17)25/h7-10,14H,4-6,11-12H2,1-3H3,(H,27,28). The minimum absolute atomic E-state index is 0.0429. The van der Waals surface area contributed by atoms with Gasteiger partial charge in [-0.3, -0.25) is 4.79 Å². The van der Waals surface area contributed by atoms with Gasteiger partial charge in [-0.2, -0.15) is 0 Å². The fourth-order valence-electron chi connectivity index (χ4n) is 3.93. The first-order valence-electron chi connectivity index (χ1n) is 10.8. The maximum absolute atomic E-state index is 13.1. The first-order valence-corrected chi connectivity index (χ1v) is 12.0. The third-order valence-corrected chi connectivity index (χ3v) is 6.85. The summed E-state index contributed by atoms with van der Waals surface area (Å²) in [7, 11) is 1.82. The van der Waals surface area contributed by atoms with Crippen LogP contribution in [0.3, 0.4) is 0 Å². The van der Waals surface area contributed by atoms with E-state index in [1.54, 1.807) is 31.5 Å². The molecule has 2 heterocycles. The number of fused-ring (bicyclic) bond motifs is 1. The van der Waals surface area contributed by atoms with Gasteiger partial charge in [-0.25, -0.2) is 9.78 Å². The minimum atomic E-state index is -0.607. The second-order valence-electron chi connectivity index (χ2n) is 7.95. The number of benzene rings is 1. The summed E-state index contributed by atoms with van der Waals surface area (Å²) in [6.07, 6.45) is 5.30. The molecule has 0 bridgehead atoms. The van der Waals surface area contributed by atoms with Crippen LogP contribution in [0, 0.1) is 6.92 Å². The van der Waals surface area contributed by atoms with Crippen molar-refractivity contribution in [1.82, 2.24) is 9.55 Å². The van der Waals surface area contributed by atoms with Crippen LogP contribution in [0.4, 0.5) is 5.82 Å². The molecule has 1 fully saturated rings. The van der Waals surface area contributed by atoms with Crippen LogP contribution in [0.1, 0.15) is 52.9 Å². The number of hydrogen-bond acceptors (Lipinski definition) is 6. The van der Waals surface area contributed by atoms with Crippen molar-refractivity contribution in [2.24, 2.45) is 0 Å². The van der Waals surface area contributed by atoms with Gasteiger partial charge < -0.3 is 19.4 Å². The number of anilines is 1. The molecule has 0 aliphatic heterocycles. The fourth-order valence-corrected chi connectivity index (χ4v) is 4.65. The lowest BCUT2D eigenvalue weighted by molar-refractivity contribution is 0.0524. The number of hydrogen-bond donors (Lipinski definition) is 1. The lowest BCUT2D eigenvalue weighted by atomic mass is 10.1. The van der Waals surface area contributed by atoms with E-state index in [4.69, 9.17) is 21.1 Å². The highest BCUT2D eigenvalue weighted by molar-refractivity contribution is 9.10. The van der Waals surface area contributed by atoms with Gasteiger partial charge in [0, 0.05) is 51.5 Å². The number of pyridine rings is 2. The maximum Gasteiger partial charge on any atom is 0.343 e. The quantitative estimate of drug-likeness (QED) is 0.390. The van der Waals surface area contributed by atoms with E-state index in [0.29, 0.717) is 22.5 Å². The van der Waals surface area contributed by atoms with Crippen molar-refractivity contribution in [3.63, 3.8) is 0 Å². The average Bonchev–Trinajstić information content (AvgIpc) is 3.63. The van der Waals surface area contributed by atoms with Crippen LogP contribution in [0.2, 0.25) is 5.02 Å². The van der Waals surface area contributed by atoms with Gasteiger partial charge in [0.25, 0.3) is 0 Å². The van der Waals surface area contributed by atoms with Crippen LogP contribution < -0.4 is 10.7 Å². The lowest BCUT2D eigenvalue weighted by Gasteiger charge is -2.18. The Morgan fingerprint density at radius 2 is 2.03 bits per heavy atom. The Hall–Kier alpha value is -2.42. The number of rotatable bonds is 8. The van der Waals surface area contributed by atoms with Crippen molar-refractivity contribution in [3.05, 3.63) is 66.5 Å². The average molecular weight is 535 g/mol. The Kier molecular flexibility index (Phi) is 7.07. The molecule has 4 rings (SSSR count). The van der Waals surface area contributed by atoms with Crippen molar-refractivity contribution >= 4 is 50.2 Å². The van der Waals surface area contributed by atoms with E-state index in [9.17, 15) is 9.59 Å². The summed E-state index contributed by atoms with van der Waals surface area (Å²) in [6, 6.07) is 3.57. The summed E-state index contributed by atoms with van der Waals surface area (Å²) in [5, 5.41) is 4.03. The summed E-state index contributed by atoms with van der Waals surface area (Å²) >= 11 is 10.1. The second-order valence-corrected chi connectivity index (χ2v) is 9.22. The fraction of sp³-hybridized carbons (Fsp3) is 0.375. The van der Waals surface area contributed by atoms with Crippen LogP contribution in [-0.2, 0) is 22.7 Å². The summed E-state index contributed by atoms with van der Waals surface area (Å²) in [6.45, 7) is 4.46.